The molecule has 2 N–H and O–H groups in total. The van der Waals surface area contributed by atoms with E-state index in [1.165, 1.54) is 12.4 Å². The van der Waals surface area contributed by atoms with Crippen LogP contribution in [0.2, 0.25) is 0 Å². The molecule has 0 saturated heterocycles. The Bertz CT molecular complexity index is 838. The molecule has 2 aromatic heterocycles. The van der Waals surface area contributed by atoms with Crippen LogP contribution in [0.4, 0.5) is 18.9 Å². The molecule has 1 atom stereocenters. The summed E-state index contributed by atoms with van der Waals surface area (Å²) in [7, 11) is 0. The number of alkyl halides is 3. The Morgan fingerprint density at radius 2 is 1.90 bits per heavy atom. The molecule has 3 aromatic rings. The standard InChI is InChI=1S/C14H9F3N4/c15-14(16,17)12-9-5-18-13-11(9)8(6-19-21-13)7-3-1-2-4-10(7)20-12/h1-6,12,20H,(H,18,21). The summed E-state index contributed by atoms with van der Waals surface area (Å²) in [6.07, 6.45) is -1.56. The predicted octanol–water partition coefficient (Wildman–Crippen LogP) is 3.65. The topological polar surface area (TPSA) is 53.6 Å². The van der Waals surface area contributed by atoms with Crippen LogP contribution >= 0.6 is 0 Å². The second-order valence-corrected chi connectivity index (χ2v) is 4.89. The second kappa shape index (κ2) is 3.97. The Hall–Kier alpha value is -2.57. The molecule has 0 bridgehead atoms. The molecule has 1 unspecified atom stereocenters. The lowest BCUT2D eigenvalue weighted by atomic mass is 10.0. The molecule has 0 aliphatic carbocycles. The number of hydrogen-bond acceptors (Lipinski definition) is 3. The number of rotatable bonds is 0. The van der Waals surface area contributed by atoms with Crippen molar-refractivity contribution in [2.75, 3.05) is 5.32 Å². The number of hydrogen-bond donors (Lipinski definition) is 2. The first-order valence-corrected chi connectivity index (χ1v) is 6.31. The van der Waals surface area contributed by atoms with E-state index in [9.17, 15) is 13.2 Å². The summed E-state index contributed by atoms with van der Waals surface area (Å²) >= 11 is 0. The van der Waals surface area contributed by atoms with Gasteiger partial charge in [0.25, 0.3) is 0 Å². The van der Waals surface area contributed by atoms with E-state index in [1.807, 2.05) is 0 Å². The van der Waals surface area contributed by atoms with Crippen molar-refractivity contribution in [1.82, 2.24) is 15.2 Å². The van der Waals surface area contributed by atoms with Crippen LogP contribution in [-0.4, -0.2) is 21.4 Å². The Morgan fingerprint density at radius 3 is 2.71 bits per heavy atom. The van der Waals surface area contributed by atoms with Crippen molar-refractivity contribution in [2.45, 2.75) is 12.2 Å². The fraction of sp³-hybridized carbons (Fsp3) is 0.143. The number of halogens is 3. The minimum Gasteiger partial charge on any atom is -0.370 e. The first-order chi connectivity index (χ1) is 10.1. The zero-order valence-corrected chi connectivity index (χ0v) is 10.6. The third-order valence-corrected chi connectivity index (χ3v) is 3.66. The Kier molecular flexibility index (Phi) is 2.30. The lowest BCUT2D eigenvalue weighted by Crippen LogP contribution is -2.27. The summed E-state index contributed by atoms with van der Waals surface area (Å²) in [5, 5.41) is 10.8. The van der Waals surface area contributed by atoms with Gasteiger partial charge in [0.1, 0.15) is 0 Å². The van der Waals surface area contributed by atoms with Gasteiger partial charge in [0, 0.05) is 34.0 Å². The molecular formula is C14H9F3N4. The van der Waals surface area contributed by atoms with E-state index in [2.05, 4.69) is 20.5 Å². The summed E-state index contributed by atoms with van der Waals surface area (Å²) in [6, 6.07) is 5.11. The van der Waals surface area contributed by atoms with Crippen LogP contribution in [0.3, 0.4) is 0 Å². The quantitative estimate of drug-likeness (QED) is 0.664. The maximum Gasteiger partial charge on any atom is 0.412 e. The van der Waals surface area contributed by atoms with E-state index in [1.54, 1.807) is 24.3 Å². The molecule has 1 aliphatic rings. The lowest BCUT2D eigenvalue weighted by Gasteiger charge is -2.21. The summed E-state index contributed by atoms with van der Waals surface area (Å²) < 4.78 is 40.2. The van der Waals surface area contributed by atoms with Gasteiger partial charge in [-0.1, -0.05) is 18.2 Å². The van der Waals surface area contributed by atoms with Gasteiger partial charge >= 0.3 is 6.18 Å². The molecule has 0 fully saturated rings. The highest BCUT2D eigenvalue weighted by molar-refractivity contribution is 6.00. The van der Waals surface area contributed by atoms with E-state index in [0.717, 1.165) is 0 Å². The maximum absolute atomic E-state index is 13.4. The normalized spacial score (nSPS) is 17.2. The SMILES string of the molecule is FC(F)(F)C1Nc2ccccc2-c2cnnc3[nH]cc1c23. The lowest BCUT2D eigenvalue weighted by molar-refractivity contribution is -0.143. The van der Waals surface area contributed by atoms with Gasteiger partial charge in [0.05, 0.1) is 6.20 Å². The first-order valence-electron chi connectivity index (χ1n) is 6.31. The number of fused-ring (bicyclic) bond motifs is 2. The van der Waals surface area contributed by atoms with Crippen LogP contribution in [-0.2, 0) is 0 Å². The van der Waals surface area contributed by atoms with Crippen molar-refractivity contribution in [1.29, 1.82) is 0 Å². The molecule has 1 aliphatic heterocycles. The molecule has 21 heavy (non-hydrogen) atoms. The number of aromatic nitrogens is 3. The minimum atomic E-state index is -4.41. The van der Waals surface area contributed by atoms with Gasteiger partial charge in [-0.25, -0.2) is 0 Å². The summed E-state index contributed by atoms with van der Waals surface area (Å²) in [4.78, 5) is 2.77. The van der Waals surface area contributed by atoms with Crippen molar-refractivity contribution in [3.05, 3.63) is 42.2 Å². The highest BCUT2D eigenvalue weighted by Gasteiger charge is 2.44. The number of anilines is 1. The molecule has 4 nitrogen and oxygen atoms in total. The second-order valence-electron chi connectivity index (χ2n) is 4.89. The predicted molar refractivity (Wildman–Crippen MR) is 71.7 cm³/mol. The molecule has 0 saturated carbocycles. The van der Waals surface area contributed by atoms with Crippen molar-refractivity contribution in [3.63, 3.8) is 0 Å². The van der Waals surface area contributed by atoms with E-state index in [-0.39, 0.29) is 5.56 Å². The van der Waals surface area contributed by atoms with Crippen LogP contribution in [0.5, 0.6) is 0 Å². The summed E-state index contributed by atoms with van der Waals surface area (Å²) in [5.74, 6) is 0. The van der Waals surface area contributed by atoms with Crippen LogP contribution in [0.25, 0.3) is 22.2 Å². The first kappa shape index (κ1) is 12.2. The average molecular weight is 290 g/mol. The maximum atomic E-state index is 13.4. The number of H-pyrrole nitrogens is 1. The van der Waals surface area contributed by atoms with Crippen LogP contribution in [0, 0.1) is 0 Å². The highest BCUT2D eigenvalue weighted by Crippen LogP contribution is 2.46. The monoisotopic (exact) mass is 290 g/mol. The van der Waals surface area contributed by atoms with E-state index in [0.29, 0.717) is 27.8 Å². The van der Waals surface area contributed by atoms with Crippen molar-refractivity contribution >= 4 is 16.7 Å². The van der Waals surface area contributed by atoms with Crippen LogP contribution in [0.15, 0.2) is 36.7 Å². The molecule has 0 amide bonds. The minimum absolute atomic E-state index is 0.138. The third-order valence-electron chi connectivity index (χ3n) is 3.66. The van der Waals surface area contributed by atoms with Crippen LogP contribution < -0.4 is 5.32 Å². The summed E-state index contributed by atoms with van der Waals surface area (Å²) in [5.41, 5.74) is 2.26. The van der Waals surface area contributed by atoms with Gasteiger partial charge in [-0.05, 0) is 6.07 Å². The van der Waals surface area contributed by atoms with Gasteiger partial charge in [-0.15, -0.1) is 5.10 Å². The van der Waals surface area contributed by atoms with Gasteiger partial charge in [0.2, 0.25) is 0 Å². The zero-order valence-electron chi connectivity index (χ0n) is 10.6. The fourth-order valence-corrected chi connectivity index (χ4v) is 2.77. The van der Waals surface area contributed by atoms with Crippen molar-refractivity contribution in [3.8, 4) is 11.1 Å². The Labute approximate surface area is 117 Å². The smallest absolute Gasteiger partial charge is 0.370 e. The molecule has 106 valence electrons. The number of nitrogens with zero attached hydrogens (tertiary/aromatic N) is 2. The van der Waals surface area contributed by atoms with Gasteiger partial charge < -0.3 is 10.3 Å². The van der Waals surface area contributed by atoms with E-state index >= 15 is 0 Å². The Balaban J connectivity index is 2.12. The van der Waals surface area contributed by atoms with Crippen LogP contribution in [0.1, 0.15) is 11.6 Å². The third kappa shape index (κ3) is 1.70. The number of para-hydroxylation sites is 1. The number of aromatic amines is 1. The number of nitrogens with one attached hydrogen (secondary N) is 2. The zero-order chi connectivity index (χ0) is 14.6. The molecule has 7 heteroatoms. The Morgan fingerprint density at radius 1 is 1.10 bits per heavy atom. The average Bonchev–Trinajstić information content (AvgIpc) is 2.80. The molecule has 3 heterocycles. The number of benzene rings is 1. The molecule has 1 aromatic carbocycles. The van der Waals surface area contributed by atoms with Crippen molar-refractivity contribution < 1.29 is 13.2 Å². The largest absolute Gasteiger partial charge is 0.412 e. The molecule has 4 rings (SSSR count). The van der Waals surface area contributed by atoms with Gasteiger partial charge in [-0.2, -0.15) is 18.3 Å². The molecule has 0 spiro atoms. The summed E-state index contributed by atoms with van der Waals surface area (Å²) in [6.45, 7) is 0. The molecular weight excluding hydrogens is 281 g/mol. The fourth-order valence-electron chi connectivity index (χ4n) is 2.77. The van der Waals surface area contributed by atoms with Gasteiger partial charge in [-0.3, -0.25) is 0 Å². The van der Waals surface area contributed by atoms with E-state index < -0.39 is 12.2 Å². The van der Waals surface area contributed by atoms with Crippen molar-refractivity contribution in [2.24, 2.45) is 0 Å². The molecule has 0 radical (unpaired) electrons. The van der Waals surface area contributed by atoms with E-state index in [4.69, 9.17) is 0 Å². The highest BCUT2D eigenvalue weighted by atomic mass is 19.4. The van der Waals surface area contributed by atoms with Gasteiger partial charge in [0.15, 0.2) is 11.7 Å².